The monoisotopic (exact) mass is 414 g/mol. The van der Waals surface area contributed by atoms with Gasteiger partial charge in [0.2, 0.25) is 0 Å². The van der Waals surface area contributed by atoms with Gasteiger partial charge in [-0.2, -0.15) is 0 Å². The minimum absolute atomic E-state index is 0.0310. The Morgan fingerprint density at radius 2 is 1.93 bits per heavy atom. The SMILES string of the molecule is CC(C)CCC[C@@H](C)[C@H]1CC=C2[C@]34O[C@@]3(CC[C@@]21C)[C@@]1(C)CC[C@H](O)C[C@@H]1CC4=O. The van der Waals surface area contributed by atoms with Crippen LogP contribution in [-0.2, 0) is 9.53 Å². The van der Waals surface area contributed by atoms with Crippen LogP contribution in [0.25, 0.3) is 0 Å². The molecule has 4 fully saturated rings. The van der Waals surface area contributed by atoms with Gasteiger partial charge in [-0.05, 0) is 73.2 Å². The molecule has 1 aliphatic heterocycles. The first-order valence-electron chi connectivity index (χ1n) is 12.7. The fourth-order valence-corrected chi connectivity index (χ4v) is 8.71. The number of allylic oxidation sites excluding steroid dienone is 1. The molecule has 0 spiro atoms. The van der Waals surface area contributed by atoms with Crippen LogP contribution in [0.4, 0.5) is 0 Å². The fourth-order valence-electron chi connectivity index (χ4n) is 8.71. The smallest absolute Gasteiger partial charge is 0.178 e. The Balaban J connectivity index is 1.42. The first kappa shape index (κ1) is 21.2. The molecule has 0 amide bonds. The van der Waals surface area contributed by atoms with Crippen LogP contribution in [-0.4, -0.2) is 28.2 Å². The lowest BCUT2D eigenvalue weighted by molar-refractivity contribution is -0.132. The van der Waals surface area contributed by atoms with Gasteiger partial charge in [-0.25, -0.2) is 0 Å². The summed E-state index contributed by atoms with van der Waals surface area (Å²) in [5, 5.41) is 10.3. The van der Waals surface area contributed by atoms with E-state index >= 15 is 0 Å². The minimum Gasteiger partial charge on any atom is -0.393 e. The van der Waals surface area contributed by atoms with Crippen LogP contribution in [0.3, 0.4) is 0 Å². The zero-order valence-corrected chi connectivity index (χ0v) is 19.8. The molecule has 30 heavy (non-hydrogen) atoms. The van der Waals surface area contributed by atoms with Crippen molar-refractivity contribution in [1.29, 1.82) is 0 Å². The molecule has 5 aliphatic rings. The van der Waals surface area contributed by atoms with Gasteiger partial charge in [0.05, 0.1) is 6.10 Å². The highest BCUT2D eigenvalue weighted by atomic mass is 16.6. The van der Waals surface area contributed by atoms with E-state index in [9.17, 15) is 9.90 Å². The summed E-state index contributed by atoms with van der Waals surface area (Å²) in [5.41, 5.74) is 0.590. The van der Waals surface area contributed by atoms with Crippen molar-refractivity contribution < 1.29 is 14.6 Å². The van der Waals surface area contributed by atoms with Gasteiger partial charge in [0.15, 0.2) is 11.4 Å². The molecule has 1 heterocycles. The second-order valence-corrected chi connectivity index (χ2v) is 12.5. The Kier molecular flexibility index (Phi) is 4.71. The number of aliphatic hydroxyl groups excluding tert-OH is 1. The number of carbonyl (C=O) groups excluding carboxylic acids is 1. The van der Waals surface area contributed by atoms with Crippen molar-refractivity contribution in [3.05, 3.63) is 11.6 Å². The molecule has 0 aromatic heterocycles. The van der Waals surface area contributed by atoms with Crippen LogP contribution < -0.4 is 0 Å². The van der Waals surface area contributed by atoms with Crippen molar-refractivity contribution >= 4 is 5.78 Å². The maximum Gasteiger partial charge on any atom is 0.178 e. The van der Waals surface area contributed by atoms with E-state index in [1.165, 1.54) is 24.8 Å². The number of hydrogen-bond donors (Lipinski definition) is 1. The van der Waals surface area contributed by atoms with Gasteiger partial charge >= 0.3 is 0 Å². The molecule has 0 aromatic carbocycles. The van der Waals surface area contributed by atoms with Crippen molar-refractivity contribution in [2.75, 3.05) is 0 Å². The fraction of sp³-hybridized carbons (Fsp3) is 0.889. The van der Waals surface area contributed by atoms with E-state index in [0.29, 0.717) is 24.0 Å². The summed E-state index contributed by atoms with van der Waals surface area (Å²) in [6.45, 7) is 11.9. The number of epoxide rings is 1. The molecule has 3 saturated carbocycles. The number of carbonyl (C=O) groups is 1. The Bertz CT molecular complexity index is 770. The zero-order chi connectivity index (χ0) is 21.5. The third kappa shape index (κ3) is 2.48. The maximum absolute atomic E-state index is 13.7. The molecule has 0 aromatic rings. The molecular formula is C27H42O3. The first-order valence-corrected chi connectivity index (χ1v) is 12.7. The summed E-state index contributed by atoms with van der Waals surface area (Å²) in [7, 11) is 0. The maximum atomic E-state index is 13.7. The number of ether oxygens (including phenoxy) is 1. The Morgan fingerprint density at radius 3 is 2.67 bits per heavy atom. The molecule has 1 saturated heterocycles. The van der Waals surface area contributed by atoms with Crippen molar-refractivity contribution in [3.8, 4) is 0 Å². The molecule has 3 nitrogen and oxygen atoms in total. The Labute approximate surface area is 183 Å². The molecule has 168 valence electrons. The van der Waals surface area contributed by atoms with Crippen LogP contribution in [0, 0.1) is 34.5 Å². The largest absolute Gasteiger partial charge is 0.393 e. The number of fused-ring (bicyclic) bond motifs is 2. The van der Waals surface area contributed by atoms with E-state index in [4.69, 9.17) is 4.74 Å². The summed E-state index contributed by atoms with van der Waals surface area (Å²) >= 11 is 0. The molecule has 4 aliphatic carbocycles. The van der Waals surface area contributed by atoms with E-state index < -0.39 is 5.60 Å². The van der Waals surface area contributed by atoms with Gasteiger partial charge in [-0.15, -0.1) is 0 Å². The molecule has 0 radical (unpaired) electrons. The minimum atomic E-state index is -0.625. The summed E-state index contributed by atoms with van der Waals surface area (Å²) in [6, 6.07) is 0. The van der Waals surface area contributed by atoms with Gasteiger partial charge < -0.3 is 9.84 Å². The standard InChI is InChI=1S/C27H42O3/c1-17(2)7-6-8-18(3)21-9-10-22-24(21,4)13-14-26-25(5)12-11-20(28)15-19(25)16-23(29)27(22,26)30-26/h10,17-21,28H,6-9,11-16H2,1-5H3/t18-,19-,20+,21-,24-,25+,26+,27-/m1/s1. The molecule has 8 atom stereocenters. The number of ketones is 1. The van der Waals surface area contributed by atoms with Crippen LogP contribution in [0.2, 0.25) is 0 Å². The molecule has 0 unspecified atom stereocenters. The topological polar surface area (TPSA) is 49.8 Å². The van der Waals surface area contributed by atoms with Gasteiger partial charge in [0, 0.05) is 11.8 Å². The third-order valence-corrected chi connectivity index (χ3v) is 10.6. The molecule has 3 heteroatoms. The van der Waals surface area contributed by atoms with E-state index in [-0.39, 0.29) is 28.5 Å². The van der Waals surface area contributed by atoms with Gasteiger partial charge in [-0.3, -0.25) is 4.79 Å². The lowest BCUT2D eigenvalue weighted by atomic mass is 9.45. The van der Waals surface area contributed by atoms with Crippen molar-refractivity contribution in [1.82, 2.24) is 0 Å². The predicted molar refractivity (Wildman–Crippen MR) is 119 cm³/mol. The normalized spacial score (nSPS) is 50.3. The van der Waals surface area contributed by atoms with E-state index in [0.717, 1.165) is 44.4 Å². The summed E-state index contributed by atoms with van der Waals surface area (Å²) in [6.07, 6.45) is 12.6. The van der Waals surface area contributed by atoms with Crippen LogP contribution in [0.15, 0.2) is 11.6 Å². The first-order chi connectivity index (χ1) is 14.1. The van der Waals surface area contributed by atoms with Crippen LogP contribution in [0.1, 0.15) is 98.8 Å². The number of hydrogen-bond acceptors (Lipinski definition) is 3. The highest BCUT2D eigenvalue weighted by molar-refractivity contribution is 5.98. The van der Waals surface area contributed by atoms with E-state index in [1.54, 1.807) is 0 Å². The molecule has 1 N–H and O–H groups in total. The van der Waals surface area contributed by atoms with Gasteiger partial charge in [0.1, 0.15) is 5.60 Å². The quantitative estimate of drug-likeness (QED) is 0.454. The van der Waals surface area contributed by atoms with Crippen LogP contribution in [0.5, 0.6) is 0 Å². The highest BCUT2D eigenvalue weighted by Crippen LogP contribution is 2.79. The van der Waals surface area contributed by atoms with Gasteiger partial charge in [-0.1, -0.05) is 60.0 Å². The third-order valence-electron chi connectivity index (χ3n) is 10.6. The second kappa shape index (κ2) is 6.67. The summed E-state index contributed by atoms with van der Waals surface area (Å²) in [5.74, 6) is 2.72. The molecular weight excluding hydrogens is 372 g/mol. The van der Waals surface area contributed by atoms with E-state index in [1.807, 2.05) is 0 Å². The lowest BCUT2D eigenvalue weighted by Crippen LogP contribution is -2.61. The second-order valence-electron chi connectivity index (χ2n) is 12.5. The summed E-state index contributed by atoms with van der Waals surface area (Å²) in [4.78, 5) is 13.7. The number of rotatable bonds is 5. The predicted octanol–water partition coefficient (Wildman–Crippen LogP) is 5.84. The summed E-state index contributed by atoms with van der Waals surface area (Å²) < 4.78 is 6.75. The van der Waals surface area contributed by atoms with Gasteiger partial charge in [0.25, 0.3) is 0 Å². The molecule has 5 rings (SSSR count). The highest BCUT2D eigenvalue weighted by Gasteiger charge is 2.87. The lowest BCUT2D eigenvalue weighted by Gasteiger charge is -2.55. The number of Topliss-reactive ketones (excluding diaryl/α,β-unsaturated/α-hetero) is 1. The van der Waals surface area contributed by atoms with Crippen molar-refractivity contribution in [2.24, 2.45) is 34.5 Å². The van der Waals surface area contributed by atoms with Crippen LogP contribution >= 0.6 is 0 Å². The Morgan fingerprint density at radius 1 is 1.17 bits per heavy atom. The average molecular weight is 415 g/mol. The van der Waals surface area contributed by atoms with Crippen molar-refractivity contribution in [2.45, 2.75) is 116 Å². The van der Waals surface area contributed by atoms with E-state index in [2.05, 4.69) is 40.7 Å². The Hall–Kier alpha value is -0.670. The van der Waals surface area contributed by atoms with Crippen molar-refractivity contribution in [3.63, 3.8) is 0 Å². The molecule has 0 bridgehead atoms. The zero-order valence-electron chi connectivity index (χ0n) is 19.8. The average Bonchev–Trinajstić information content (AvgIpc) is 3.28. The number of aliphatic hydroxyl groups is 1.